The molecule has 3 N–H and O–H groups in total. The highest BCUT2D eigenvalue weighted by Crippen LogP contribution is 2.42. The Morgan fingerprint density at radius 2 is 1.90 bits per heavy atom. The standard InChI is InChI=1S/C18H22N4O5S2/c19-29(26,27)15-5-1-12(2-6-15)10-20-18(23)16-9-17(13-3-4-13)22(21-16)14-7-8-28(24,25)11-14/h1-2,5-6,9,13-14H,3-4,7-8,10-11H2,(H,20,23)(H2,19,26,27). The van der Waals surface area contributed by atoms with Gasteiger partial charge in [-0.25, -0.2) is 22.0 Å². The van der Waals surface area contributed by atoms with E-state index in [0.717, 1.165) is 24.1 Å². The quantitative estimate of drug-likeness (QED) is 0.680. The molecular weight excluding hydrogens is 416 g/mol. The third kappa shape index (κ3) is 4.51. The van der Waals surface area contributed by atoms with Gasteiger partial charge in [-0.3, -0.25) is 9.48 Å². The van der Waals surface area contributed by atoms with Crippen molar-refractivity contribution in [2.45, 2.75) is 42.7 Å². The lowest BCUT2D eigenvalue weighted by Crippen LogP contribution is -2.24. The Balaban J connectivity index is 1.47. The molecule has 156 valence electrons. The number of amides is 1. The molecule has 4 rings (SSSR count). The molecule has 1 aliphatic carbocycles. The van der Waals surface area contributed by atoms with Crippen molar-refractivity contribution < 1.29 is 21.6 Å². The molecule has 29 heavy (non-hydrogen) atoms. The fourth-order valence-electron chi connectivity index (χ4n) is 3.53. The first kappa shape index (κ1) is 20.0. The molecule has 1 saturated carbocycles. The van der Waals surface area contributed by atoms with Gasteiger partial charge in [-0.15, -0.1) is 0 Å². The maximum Gasteiger partial charge on any atom is 0.272 e. The minimum absolute atomic E-state index is 0.00640. The highest BCUT2D eigenvalue weighted by atomic mass is 32.2. The van der Waals surface area contributed by atoms with E-state index in [0.29, 0.717) is 12.3 Å². The molecule has 0 spiro atoms. The van der Waals surface area contributed by atoms with Gasteiger partial charge in [0.2, 0.25) is 10.0 Å². The lowest BCUT2D eigenvalue weighted by Gasteiger charge is -2.12. The normalized spacial score (nSPS) is 21.2. The van der Waals surface area contributed by atoms with Crippen LogP contribution in [0.5, 0.6) is 0 Å². The molecule has 2 aliphatic rings. The molecule has 0 radical (unpaired) electrons. The van der Waals surface area contributed by atoms with Gasteiger partial charge in [-0.2, -0.15) is 5.10 Å². The van der Waals surface area contributed by atoms with Crippen LogP contribution in [0, 0.1) is 0 Å². The maximum atomic E-state index is 12.6. The molecule has 1 amide bonds. The first-order valence-electron chi connectivity index (χ1n) is 9.32. The number of hydrogen-bond donors (Lipinski definition) is 2. The predicted molar refractivity (Wildman–Crippen MR) is 105 cm³/mol. The fraction of sp³-hybridized carbons (Fsp3) is 0.444. The predicted octanol–water partition coefficient (Wildman–Crippen LogP) is 0.697. The lowest BCUT2D eigenvalue weighted by molar-refractivity contribution is 0.0944. The van der Waals surface area contributed by atoms with Gasteiger partial charge in [-0.05, 0) is 43.0 Å². The highest BCUT2D eigenvalue weighted by molar-refractivity contribution is 7.91. The van der Waals surface area contributed by atoms with Gasteiger partial charge in [0, 0.05) is 18.2 Å². The van der Waals surface area contributed by atoms with Gasteiger partial charge < -0.3 is 5.32 Å². The van der Waals surface area contributed by atoms with Gasteiger partial charge in [0.15, 0.2) is 9.84 Å². The Morgan fingerprint density at radius 3 is 2.45 bits per heavy atom. The molecule has 1 aromatic carbocycles. The summed E-state index contributed by atoms with van der Waals surface area (Å²) in [6.45, 7) is 0.202. The molecular formula is C18H22N4O5S2. The number of nitrogens with two attached hydrogens (primary N) is 1. The third-order valence-electron chi connectivity index (χ3n) is 5.25. The van der Waals surface area contributed by atoms with Crippen LogP contribution in [-0.4, -0.2) is 44.0 Å². The molecule has 2 heterocycles. The molecule has 1 unspecified atom stereocenters. The number of rotatable bonds is 6. The van der Waals surface area contributed by atoms with Crippen LogP contribution in [0.1, 0.15) is 53.0 Å². The maximum absolute atomic E-state index is 12.6. The second kappa shape index (κ2) is 7.22. The summed E-state index contributed by atoms with van der Waals surface area (Å²) < 4.78 is 48.0. The van der Waals surface area contributed by atoms with Crippen LogP contribution in [0.15, 0.2) is 35.2 Å². The monoisotopic (exact) mass is 438 g/mol. The number of aromatic nitrogens is 2. The summed E-state index contributed by atoms with van der Waals surface area (Å²) in [6.07, 6.45) is 2.55. The molecule has 1 atom stereocenters. The minimum Gasteiger partial charge on any atom is -0.347 e. The van der Waals surface area contributed by atoms with Crippen LogP contribution < -0.4 is 10.5 Å². The topological polar surface area (TPSA) is 141 Å². The number of carbonyl (C=O) groups excluding carboxylic acids is 1. The molecule has 2 fully saturated rings. The first-order valence-corrected chi connectivity index (χ1v) is 12.7. The molecule has 1 aliphatic heterocycles. The summed E-state index contributed by atoms with van der Waals surface area (Å²) in [5, 5.41) is 12.3. The number of sulfonamides is 1. The van der Waals surface area contributed by atoms with E-state index < -0.39 is 19.9 Å². The fourth-order valence-corrected chi connectivity index (χ4v) is 5.74. The van der Waals surface area contributed by atoms with E-state index in [-0.39, 0.29) is 40.6 Å². The van der Waals surface area contributed by atoms with E-state index >= 15 is 0 Å². The second-order valence-corrected chi connectivity index (χ2v) is 11.4. The number of sulfone groups is 1. The number of nitrogens with one attached hydrogen (secondary N) is 1. The number of hydrogen-bond acceptors (Lipinski definition) is 6. The van der Waals surface area contributed by atoms with Gasteiger partial charge in [0.05, 0.1) is 22.4 Å². The summed E-state index contributed by atoms with van der Waals surface area (Å²) in [5.41, 5.74) is 1.90. The summed E-state index contributed by atoms with van der Waals surface area (Å²) in [5.74, 6) is 0.184. The van der Waals surface area contributed by atoms with Crippen molar-refractivity contribution in [3.8, 4) is 0 Å². The average Bonchev–Trinajstić information content (AvgIpc) is 3.30. The minimum atomic E-state index is -3.76. The van der Waals surface area contributed by atoms with Crippen molar-refractivity contribution in [1.82, 2.24) is 15.1 Å². The zero-order valence-electron chi connectivity index (χ0n) is 15.6. The van der Waals surface area contributed by atoms with Crippen molar-refractivity contribution in [2.24, 2.45) is 5.14 Å². The van der Waals surface area contributed by atoms with Crippen molar-refractivity contribution >= 4 is 25.8 Å². The van der Waals surface area contributed by atoms with Crippen molar-refractivity contribution in [3.05, 3.63) is 47.3 Å². The third-order valence-corrected chi connectivity index (χ3v) is 7.93. The first-order chi connectivity index (χ1) is 13.6. The SMILES string of the molecule is NS(=O)(=O)c1ccc(CNC(=O)c2cc(C3CC3)n(C3CCS(=O)(=O)C3)n2)cc1. The molecule has 1 aromatic heterocycles. The van der Waals surface area contributed by atoms with Crippen LogP contribution in [-0.2, 0) is 26.4 Å². The Hall–Kier alpha value is -2.24. The van der Waals surface area contributed by atoms with E-state index in [2.05, 4.69) is 10.4 Å². The highest BCUT2D eigenvalue weighted by Gasteiger charge is 2.36. The largest absolute Gasteiger partial charge is 0.347 e. The van der Waals surface area contributed by atoms with Gasteiger partial charge in [0.1, 0.15) is 5.69 Å². The number of carbonyl (C=O) groups is 1. The summed E-state index contributed by atoms with van der Waals surface area (Å²) in [4.78, 5) is 12.6. The van der Waals surface area contributed by atoms with Gasteiger partial charge >= 0.3 is 0 Å². The van der Waals surface area contributed by atoms with E-state index in [1.54, 1.807) is 22.9 Å². The zero-order chi connectivity index (χ0) is 20.8. The molecule has 9 nitrogen and oxygen atoms in total. The number of benzene rings is 1. The van der Waals surface area contributed by atoms with Crippen LogP contribution in [0.4, 0.5) is 0 Å². The molecule has 1 saturated heterocycles. The second-order valence-electron chi connectivity index (χ2n) is 7.60. The Labute approximate surface area is 169 Å². The van der Waals surface area contributed by atoms with Gasteiger partial charge in [-0.1, -0.05) is 12.1 Å². The van der Waals surface area contributed by atoms with Crippen LogP contribution >= 0.6 is 0 Å². The van der Waals surface area contributed by atoms with Crippen molar-refractivity contribution in [3.63, 3.8) is 0 Å². The Morgan fingerprint density at radius 1 is 1.21 bits per heavy atom. The smallest absolute Gasteiger partial charge is 0.272 e. The van der Waals surface area contributed by atoms with Crippen molar-refractivity contribution in [1.29, 1.82) is 0 Å². The lowest BCUT2D eigenvalue weighted by atomic mass is 10.2. The molecule has 2 aromatic rings. The zero-order valence-corrected chi connectivity index (χ0v) is 17.2. The summed E-state index contributed by atoms with van der Waals surface area (Å²) >= 11 is 0. The van der Waals surface area contributed by atoms with E-state index in [1.807, 2.05) is 0 Å². The van der Waals surface area contributed by atoms with Crippen molar-refractivity contribution in [2.75, 3.05) is 11.5 Å². The molecule has 11 heteroatoms. The van der Waals surface area contributed by atoms with E-state index in [4.69, 9.17) is 5.14 Å². The van der Waals surface area contributed by atoms with E-state index in [9.17, 15) is 21.6 Å². The van der Waals surface area contributed by atoms with Crippen LogP contribution in [0.3, 0.4) is 0 Å². The Kier molecular flexibility index (Phi) is 4.99. The van der Waals surface area contributed by atoms with Gasteiger partial charge in [0.25, 0.3) is 5.91 Å². The number of nitrogens with zero attached hydrogens (tertiary/aromatic N) is 2. The number of primary sulfonamides is 1. The Bertz CT molecular complexity index is 1150. The molecule has 0 bridgehead atoms. The van der Waals surface area contributed by atoms with Crippen LogP contribution in [0.2, 0.25) is 0 Å². The average molecular weight is 439 g/mol. The van der Waals surface area contributed by atoms with Crippen LogP contribution in [0.25, 0.3) is 0 Å². The summed E-state index contributed by atoms with van der Waals surface area (Å²) in [7, 11) is -6.81. The summed E-state index contributed by atoms with van der Waals surface area (Å²) in [6, 6.07) is 7.47. The van der Waals surface area contributed by atoms with E-state index in [1.165, 1.54) is 12.1 Å².